The molecule has 1 aromatic carbocycles. The SMILES string of the molecule is COC(=O)C=Cc1ccc(N2CCCC2)cc1. The quantitative estimate of drug-likeness (QED) is 0.591. The molecule has 0 aromatic heterocycles. The van der Waals surface area contributed by atoms with E-state index in [1.807, 2.05) is 12.1 Å². The number of rotatable bonds is 3. The molecule has 0 amide bonds. The molecular weight excluding hydrogens is 214 g/mol. The molecule has 0 spiro atoms. The summed E-state index contributed by atoms with van der Waals surface area (Å²) in [5.41, 5.74) is 2.27. The van der Waals surface area contributed by atoms with Gasteiger partial charge in [0.25, 0.3) is 0 Å². The molecule has 0 bridgehead atoms. The second-order valence-electron chi connectivity index (χ2n) is 4.14. The minimum absolute atomic E-state index is 0.325. The van der Waals surface area contributed by atoms with Crippen LogP contribution < -0.4 is 4.90 Å². The number of hydrogen-bond acceptors (Lipinski definition) is 3. The van der Waals surface area contributed by atoms with Crippen LogP contribution in [0.1, 0.15) is 18.4 Å². The monoisotopic (exact) mass is 231 g/mol. The van der Waals surface area contributed by atoms with Crippen LogP contribution in [-0.4, -0.2) is 26.2 Å². The number of methoxy groups -OCH3 is 1. The predicted molar refractivity (Wildman–Crippen MR) is 68.9 cm³/mol. The molecule has 1 heterocycles. The molecule has 1 aliphatic rings. The van der Waals surface area contributed by atoms with Crippen molar-refractivity contribution in [1.82, 2.24) is 0 Å². The third-order valence-corrected chi connectivity index (χ3v) is 2.98. The highest BCUT2D eigenvalue weighted by molar-refractivity contribution is 5.86. The van der Waals surface area contributed by atoms with Gasteiger partial charge in [0.05, 0.1) is 7.11 Å². The van der Waals surface area contributed by atoms with E-state index in [0.29, 0.717) is 0 Å². The van der Waals surface area contributed by atoms with Crippen molar-refractivity contribution >= 4 is 17.7 Å². The summed E-state index contributed by atoms with van der Waals surface area (Å²) >= 11 is 0. The highest BCUT2D eigenvalue weighted by Crippen LogP contribution is 2.20. The maximum atomic E-state index is 10.9. The van der Waals surface area contributed by atoms with Gasteiger partial charge in [-0.05, 0) is 36.6 Å². The van der Waals surface area contributed by atoms with E-state index in [1.54, 1.807) is 6.08 Å². The number of carbonyl (C=O) groups is 1. The number of carbonyl (C=O) groups excluding carboxylic acids is 1. The van der Waals surface area contributed by atoms with Crippen LogP contribution in [0.5, 0.6) is 0 Å². The molecule has 3 nitrogen and oxygen atoms in total. The average Bonchev–Trinajstić information content (AvgIpc) is 2.90. The molecule has 1 fully saturated rings. The number of esters is 1. The van der Waals surface area contributed by atoms with Crippen LogP contribution in [0, 0.1) is 0 Å². The lowest BCUT2D eigenvalue weighted by Gasteiger charge is -2.17. The van der Waals surface area contributed by atoms with Gasteiger partial charge in [0, 0.05) is 24.9 Å². The zero-order valence-corrected chi connectivity index (χ0v) is 10.1. The highest BCUT2D eigenvalue weighted by atomic mass is 16.5. The molecule has 1 saturated heterocycles. The van der Waals surface area contributed by atoms with Crippen LogP contribution in [0.4, 0.5) is 5.69 Å². The first-order valence-electron chi connectivity index (χ1n) is 5.90. The summed E-state index contributed by atoms with van der Waals surface area (Å²) in [5, 5.41) is 0. The van der Waals surface area contributed by atoms with Crippen LogP contribution in [0.3, 0.4) is 0 Å². The van der Waals surface area contributed by atoms with Crippen molar-refractivity contribution in [3.8, 4) is 0 Å². The van der Waals surface area contributed by atoms with Crippen LogP contribution >= 0.6 is 0 Å². The molecule has 2 rings (SSSR count). The van der Waals surface area contributed by atoms with Crippen molar-refractivity contribution in [2.75, 3.05) is 25.1 Å². The van der Waals surface area contributed by atoms with Crippen molar-refractivity contribution in [2.24, 2.45) is 0 Å². The lowest BCUT2D eigenvalue weighted by atomic mass is 10.2. The number of nitrogens with zero attached hydrogens (tertiary/aromatic N) is 1. The smallest absolute Gasteiger partial charge is 0.330 e. The van der Waals surface area contributed by atoms with E-state index in [4.69, 9.17) is 0 Å². The number of ether oxygens (including phenoxy) is 1. The Morgan fingerprint density at radius 2 is 1.88 bits per heavy atom. The summed E-state index contributed by atoms with van der Waals surface area (Å²) < 4.78 is 4.54. The summed E-state index contributed by atoms with van der Waals surface area (Å²) in [4.78, 5) is 13.3. The van der Waals surface area contributed by atoms with E-state index in [9.17, 15) is 4.79 Å². The Morgan fingerprint density at radius 1 is 1.24 bits per heavy atom. The lowest BCUT2D eigenvalue weighted by molar-refractivity contribution is -0.134. The molecule has 1 aliphatic heterocycles. The van der Waals surface area contributed by atoms with Crippen molar-refractivity contribution in [3.63, 3.8) is 0 Å². The summed E-state index contributed by atoms with van der Waals surface area (Å²) in [6.07, 6.45) is 5.76. The third-order valence-electron chi connectivity index (χ3n) is 2.98. The Kier molecular flexibility index (Phi) is 3.81. The molecule has 0 N–H and O–H groups in total. The summed E-state index contributed by atoms with van der Waals surface area (Å²) in [6.45, 7) is 2.30. The molecule has 0 aliphatic carbocycles. The lowest BCUT2D eigenvalue weighted by Crippen LogP contribution is -2.17. The molecule has 0 atom stereocenters. The Balaban J connectivity index is 2.02. The van der Waals surface area contributed by atoms with Gasteiger partial charge in [-0.3, -0.25) is 0 Å². The molecule has 0 unspecified atom stereocenters. The normalized spacial score (nSPS) is 15.5. The average molecular weight is 231 g/mol. The van der Waals surface area contributed by atoms with Crippen LogP contribution in [0.15, 0.2) is 30.3 Å². The fourth-order valence-corrected chi connectivity index (χ4v) is 2.00. The Bertz CT molecular complexity index is 403. The van der Waals surface area contributed by atoms with Gasteiger partial charge in [0.1, 0.15) is 0 Å². The molecule has 17 heavy (non-hydrogen) atoms. The van der Waals surface area contributed by atoms with E-state index >= 15 is 0 Å². The molecular formula is C14H17NO2. The van der Waals surface area contributed by atoms with E-state index in [1.165, 1.54) is 31.7 Å². The number of benzene rings is 1. The van der Waals surface area contributed by atoms with Gasteiger partial charge in [-0.1, -0.05) is 12.1 Å². The van der Waals surface area contributed by atoms with Gasteiger partial charge >= 0.3 is 5.97 Å². The maximum Gasteiger partial charge on any atom is 0.330 e. The van der Waals surface area contributed by atoms with E-state index in [2.05, 4.69) is 21.8 Å². The van der Waals surface area contributed by atoms with E-state index < -0.39 is 0 Å². The fraction of sp³-hybridized carbons (Fsp3) is 0.357. The Morgan fingerprint density at radius 3 is 2.47 bits per heavy atom. The molecule has 90 valence electrons. The van der Waals surface area contributed by atoms with E-state index in [-0.39, 0.29) is 5.97 Å². The highest BCUT2D eigenvalue weighted by Gasteiger charge is 2.11. The minimum atomic E-state index is -0.325. The van der Waals surface area contributed by atoms with Crippen molar-refractivity contribution < 1.29 is 9.53 Å². The first-order valence-corrected chi connectivity index (χ1v) is 5.90. The van der Waals surface area contributed by atoms with Gasteiger partial charge in [0.15, 0.2) is 0 Å². The van der Waals surface area contributed by atoms with Crippen molar-refractivity contribution in [1.29, 1.82) is 0 Å². The largest absolute Gasteiger partial charge is 0.466 e. The molecule has 0 saturated carbocycles. The Hall–Kier alpha value is -1.77. The fourth-order valence-electron chi connectivity index (χ4n) is 2.00. The van der Waals surface area contributed by atoms with Crippen molar-refractivity contribution in [2.45, 2.75) is 12.8 Å². The first-order chi connectivity index (χ1) is 8.29. The van der Waals surface area contributed by atoms with Crippen LogP contribution in [0.25, 0.3) is 6.08 Å². The summed E-state index contributed by atoms with van der Waals surface area (Å²) in [6, 6.07) is 8.24. The van der Waals surface area contributed by atoms with Gasteiger partial charge in [-0.15, -0.1) is 0 Å². The molecule has 0 radical (unpaired) electrons. The zero-order chi connectivity index (χ0) is 12.1. The second-order valence-corrected chi connectivity index (χ2v) is 4.14. The third kappa shape index (κ3) is 3.09. The minimum Gasteiger partial charge on any atom is -0.466 e. The second kappa shape index (κ2) is 5.53. The number of hydrogen-bond donors (Lipinski definition) is 0. The van der Waals surface area contributed by atoms with Gasteiger partial charge < -0.3 is 9.64 Å². The molecule has 3 heteroatoms. The summed E-state index contributed by atoms with van der Waals surface area (Å²) in [7, 11) is 1.38. The summed E-state index contributed by atoms with van der Waals surface area (Å²) in [5.74, 6) is -0.325. The molecule has 1 aromatic rings. The Labute approximate surface area is 102 Å². The zero-order valence-electron chi connectivity index (χ0n) is 10.1. The van der Waals surface area contributed by atoms with Crippen LogP contribution in [-0.2, 0) is 9.53 Å². The van der Waals surface area contributed by atoms with Gasteiger partial charge in [-0.25, -0.2) is 4.79 Å². The van der Waals surface area contributed by atoms with Crippen LogP contribution in [0.2, 0.25) is 0 Å². The van der Waals surface area contributed by atoms with Gasteiger partial charge in [0.2, 0.25) is 0 Å². The van der Waals surface area contributed by atoms with Crippen molar-refractivity contribution in [3.05, 3.63) is 35.9 Å². The van der Waals surface area contributed by atoms with Gasteiger partial charge in [-0.2, -0.15) is 0 Å². The first kappa shape index (κ1) is 11.7. The maximum absolute atomic E-state index is 10.9. The standard InChI is InChI=1S/C14H17NO2/c1-17-14(16)9-6-12-4-7-13(8-5-12)15-10-2-3-11-15/h4-9H,2-3,10-11H2,1H3. The topological polar surface area (TPSA) is 29.5 Å². The van der Waals surface area contributed by atoms with E-state index in [0.717, 1.165) is 18.7 Å². The predicted octanol–water partition coefficient (Wildman–Crippen LogP) is 2.47. The number of anilines is 1.